The lowest BCUT2D eigenvalue weighted by molar-refractivity contribution is -0.145. The van der Waals surface area contributed by atoms with Gasteiger partial charge in [-0.1, -0.05) is 25.1 Å². The predicted molar refractivity (Wildman–Crippen MR) is 94.3 cm³/mol. The minimum atomic E-state index is -0.387. The number of aromatic nitrogens is 2. The van der Waals surface area contributed by atoms with Gasteiger partial charge in [0.1, 0.15) is 6.10 Å². The van der Waals surface area contributed by atoms with Gasteiger partial charge in [0.15, 0.2) is 5.69 Å². The largest absolute Gasteiger partial charge is 0.369 e. The normalized spacial score (nSPS) is 16.2. The first kappa shape index (κ1) is 17.4. The second kappa shape index (κ2) is 7.65. The summed E-state index contributed by atoms with van der Waals surface area (Å²) in [5, 5.41) is 7.89. The molecule has 1 fully saturated rings. The van der Waals surface area contributed by atoms with E-state index in [0.717, 1.165) is 10.9 Å². The number of carbonyl (C=O) groups is 2. The van der Waals surface area contributed by atoms with Crippen molar-refractivity contribution in [1.29, 1.82) is 0 Å². The molecule has 7 nitrogen and oxygen atoms in total. The number of amides is 2. The molecule has 134 valence electrons. The standard InChI is InChI=1S/C18H24N4O3/c1-3-15(25-4-2)17(23)21-9-11-22(12-10-21)18(24)16-13-7-5-6-8-14(13)19-20-16/h5-8,15H,3-4,9-12H2,1-2H3,(H,19,20)/t15-/m1/s1. The summed E-state index contributed by atoms with van der Waals surface area (Å²) in [6.07, 6.45) is 0.271. The maximum Gasteiger partial charge on any atom is 0.275 e. The van der Waals surface area contributed by atoms with Crippen molar-refractivity contribution in [3.8, 4) is 0 Å². The van der Waals surface area contributed by atoms with Gasteiger partial charge in [-0.2, -0.15) is 5.10 Å². The molecule has 1 atom stereocenters. The second-order valence-electron chi connectivity index (χ2n) is 6.09. The van der Waals surface area contributed by atoms with Crippen LogP contribution in [0.15, 0.2) is 24.3 Å². The van der Waals surface area contributed by atoms with Crippen LogP contribution < -0.4 is 0 Å². The van der Waals surface area contributed by atoms with Gasteiger partial charge in [-0.15, -0.1) is 0 Å². The van der Waals surface area contributed by atoms with Crippen LogP contribution in [0.1, 0.15) is 30.8 Å². The molecule has 1 aromatic heterocycles. The van der Waals surface area contributed by atoms with Gasteiger partial charge in [0, 0.05) is 38.2 Å². The number of nitrogens with zero attached hydrogens (tertiary/aromatic N) is 3. The summed E-state index contributed by atoms with van der Waals surface area (Å²) in [4.78, 5) is 28.8. The Kier molecular flexibility index (Phi) is 5.33. The van der Waals surface area contributed by atoms with E-state index in [0.29, 0.717) is 44.9 Å². The molecule has 1 aliphatic rings. The fourth-order valence-electron chi connectivity index (χ4n) is 3.17. The topological polar surface area (TPSA) is 78.5 Å². The summed E-state index contributed by atoms with van der Waals surface area (Å²) >= 11 is 0. The molecule has 2 heterocycles. The number of nitrogens with one attached hydrogen (secondary N) is 1. The van der Waals surface area contributed by atoms with Crippen LogP contribution in [-0.4, -0.2) is 70.7 Å². The minimum absolute atomic E-state index is 0.0154. The highest BCUT2D eigenvalue weighted by atomic mass is 16.5. The molecule has 25 heavy (non-hydrogen) atoms. The number of rotatable bonds is 5. The highest BCUT2D eigenvalue weighted by Crippen LogP contribution is 2.18. The van der Waals surface area contributed by atoms with Crippen LogP contribution in [-0.2, 0) is 9.53 Å². The molecule has 7 heteroatoms. The first-order valence-corrected chi connectivity index (χ1v) is 8.78. The van der Waals surface area contributed by atoms with Crippen molar-refractivity contribution in [2.45, 2.75) is 26.4 Å². The zero-order valence-corrected chi connectivity index (χ0v) is 14.7. The Hall–Kier alpha value is -2.41. The Balaban J connectivity index is 1.64. The van der Waals surface area contributed by atoms with Crippen LogP contribution in [0.2, 0.25) is 0 Å². The summed E-state index contributed by atoms with van der Waals surface area (Å²) in [7, 11) is 0. The number of hydrogen-bond acceptors (Lipinski definition) is 4. The Morgan fingerprint density at radius 2 is 1.84 bits per heavy atom. The van der Waals surface area contributed by atoms with Crippen LogP contribution in [0.25, 0.3) is 10.9 Å². The first-order valence-electron chi connectivity index (χ1n) is 8.78. The van der Waals surface area contributed by atoms with Crippen LogP contribution in [0, 0.1) is 0 Å². The Morgan fingerprint density at radius 3 is 2.52 bits per heavy atom. The number of hydrogen-bond donors (Lipinski definition) is 1. The van der Waals surface area contributed by atoms with Gasteiger partial charge in [0.25, 0.3) is 11.8 Å². The van der Waals surface area contributed by atoms with E-state index in [-0.39, 0.29) is 17.9 Å². The van der Waals surface area contributed by atoms with Gasteiger partial charge in [0.05, 0.1) is 5.52 Å². The van der Waals surface area contributed by atoms with Gasteiger partial charge in [-0.3, -0.25) is 14.7 Å². The van der Waals surface area contributed by atoms with E-state index in [1.165, 1.54) is 0 Å². The second-order valence-corrected chi connectivity index (χ2v) is 6.09. The molecule has 1 saturated heterocycles. The summed E-state index contributed by atoms with van der Waals surface area (Å²) in [6, 6.07) is 7.58. The van der Waals surface area contributed by atoms with Crippen molar-refractivity contribution in [3.05, 3.63) is 30.0 Å². The average molecular weight is 344 g/mol. The zero-order valence-electron chi connectivity index (χ0n) is 14.7. The molecule has 1 aromatic carbocycles. The lowest BCUT2D eigenvalue weighted by Gasteiger charge is -2.36. The van der Waals surface area contributed by atoms with Crippen LogP contribution in [0.4, 0.5) is 0 Å². The van der Waals surface area contributed by atoms with E-state index in [4.69, 9.17) is 4.74 Å². The molecule has 0 aliphatic carbocycles. The van der Waals surface area contributed by atoms with Crippen molar-refractivity contribution < 1.29 is 14.3 Å². The van der Waals surface area contributed by atoms with E-state index < -0.39 is 0 Å². The smallest absolute Gasteiger partial charge is 0.275 e. The molecular weight excluding hydrogens is 320 g/mol. The average Bonchev–Trinajstić information content (AvgIpc) is 3.09. The van der Waals surface area contributed by atoms with E-state index >= 15 is 0 Å². The van der Waals surface area contributed by atoms with E-state index in [9.17, 15) is 9.59 Å². The summed E-state index contributed by atoms with van der Waals surface area (Å²) in [5.74, 6) is -0.0805. The van der Waals surface area contributed by atoms with Gasteiger partial charge in [-0.05, 0) is 19.4 Å². The minimum Gasteiger partial charge on any atom is -0.369 e. The molecule has 0 saturated carbocycles. The molecule has 0 spiro atoms. The summed E-state index contributed by atoms with van der Waals surface area (Å²) < 4.78 is 5.50. The van der Waals surface area contributed by atoms with Gasteiger partial charge >= 0.3 is 0 Å². The lowest BCUT2D eigenvalue weighted by Crippen LogP contribution is -2.53. The van der Waals surface area contributed by atoms with Crippen LogP contribution in [0.5, 0.6) is 0 Å². The number of H-pyrrole nitrogens is 1. The summed E-state index contributed by atoms with van der Waals surface area (Å²) in [6.45, 7) is 6.42. The highest BCUT2D eigenvalue weighted by Gasteiger charge is 2.30. The number of ether oxygens (including phenoxy) is 1. The third-order valence-corrected chi connectivity index (χ3v) is 4.57. The predicted octanol–water partition coefficient (Wildman–Crippen LogP) is 1.66. The molecule has 0 unspecified atom stereocenters. The maximum atomic E-state index is 12.8. The van der Waals surface area contributed by atoms with Crippen molar-refractivity contribution in [3.63, 3.8) is 0 Å². The number of fused-ring (bicyclic) bond motifs is 1. The Morgan fingerprint density at radius 1 is 1.16 bits per heavy atom. The third-order valence-electron chi connectivity index (χ3n) is 4.57. The fraction of sp³-hybridized carbons (Fsp3) is 0.500. The summed E-state index contributed by atoms with van der Waals surface area (Å²) in [5.41, 5.74) is 1.29. The number of carbonyl (C=O) groups excluding carboxylic acids is 2. The quantitative estimate of drug-likeness (QED) is 0.895. The maximum absolute atomic E-state index is 12.8. The van der Waals surface area contributed by atoms with Crippen LogP contribution in [0.3, 0.4) is 0 Å². The SMILES string of the molecule is CCO[C@H](CC)C(=O)N1CCN(C(=O)c2n[nH]c3ccccc23)CC1. The van der Waals surface area contributed by atoms with E-state index in [2.05, 4.69) is 10.2 Å². The van der Waals surface area contributed by atoms with E-state index in [1.807, 2.05) is 38.1 Å². The number of para-hydroxylation sites is 1. The molecule has 1 N–H and O–H groups in total. The molecular formula is C18H24N4O3. The number of benzene rings is 1. The first-order chi connectivity index (χ1) is 12.2. The highest BCUT2D eigenvalue weighted by molar-refractivity contribution is 6.04. The van der Waals surface area contributed by atoms with Gasteiger partial charge < -0.3 is 14.5 Å². The number of aromatic amines is 1. The van der Waals surface area contributed by atoms with E-state index in [1.54, 1.807) is 9.80 Å². The molecule has 3 rings (SSSR count). The molecule has 0 radical (unpaired) electrons. The van der Waals surface area contributed by atoms with Crippen LogP contribution >= 0.6 is 0 Å². The zero-order chi connectivity index (χ0) is 17.8. The van der Waals surface area contributed by atoms with Crippen molar-refractivity contribution in [2.75, 3.05) is 32.8 Å². The Bertz CT molecular complexity index is 750. The molecule has 2 amide bonds. The lowest BCUT2D eigenvalue weighted by atomic mass is 10.1. The third kappa shape index (κ3) is 3.51. The van der Waals surface area contributed by atoms with Crippen molar-refractivity contribution >= 4 is 22.7 Å². The number of piperazine rings is 1. The van der Waals surface area contributed by atoms with Crippen molar-refractivity contribution in [2.24, 2.45) is 0 Å². The monoisotopic (exact) mass is 344 g/mol. The molecule has 2 aromatic rings. The fourth-order valence-corrected chi connectivity index (χ4v) is 3.17. The molecule has 0 bridgehead atoms. The van der Waals surface area contributed by atoms with Gasteiger partial charge in [-0.25, -0.2) is 0 Å². The Labute approximate surface area is 146 Å². The van der Waals surface area contributed by atoms with Crippen molar-refractivity contribution in [1.82, 2.24) is 20.0 Å². The van der Waals surface area contributed by atoms with Gasteiger partial charge in [0.2, 0.25) is 0 Å². The molecule has 1 aliphatic heterocycles.